The third-order valence-electron chi connectivity index (χ3n) is 6.54. The van der Waals surface area contributed by atoms with Crippen LogP contribution in [0.3, 0.4) is 0 Å². The van der Waals surface area contributed by atoms with Gasteiger partial charge in [0.05, 0.1) is 16.6 Å². The Balaban J connectivity index is 1.50. The normalized spacial score (nSPS) is 16.6. The number of fused-ring (bicyclic) bond motifs is 1. The molecule has 1 aliphatic heterocycles. The number of hydrogen-bond donors (Lipinski definition) is 0. The van der Waals surface area contributed by atoms with Crippen LogP contribution in [0, 0.1) is 6.92 Å². The maximum Gasteiger partial charge on any atom is 0.264 e. The number of aryl methyl sites for hydroxylation is 2. The van der Waals surface area contributed by atoms with Crippen LogP contribution in [0.4, 0.5) is 0 Å². The van der Waals surface area contributed by atoms with Gasteiger partial charge in [-0.1, -0.05) is 43.2 Å². The molecule has 176 valence electrons. The van der Waals surface area contributed by atoms with Gasteiger partial charge >= 0.3 is 0 Å². The lowest BCUT2D eigenvalue weighted by Crippen LogP contribution is -2.35. The highest BCUT2D eigenvalue weighted by Gasteiger charge is 2.24. The molecular weight excluding hydrogens is 432 g/mol. The molecule has 3 heterocycles. The van der Waals surface area contributed by atoms with Gasteiger partial charge in [0.15, 0.2) is 0 Å². The van der Waals surface area contributed by atoms with Crippen molar-refractivity contribution in [3.63, 3.8) is 0 Å². The SMILES string of the molecule is CCn1cnc2sc(C(=O)N3CCCCCCN(Cc4ccccc4)CCC3)c(C)c2c1=O. The van der Waals surface area contributed by atoms with E-state index < -0.39 is 0 Å². The fourth-order valence-electron chi connectivity index (χ4n) is 4.64. The van der Waals surface area contributed by atoms with Gasteiger partial charge in [0.25, 0.3) is 11.5 Å². The molecule has 0 N–H and O–H groups in total. The zero-order chi connectivity index (χ0) is 23.2. The molecule has 0 unspecified atom stereocenters. The molecule has 0 radical (unpaired) electrons. The minimum absolute atomic E-state index is 0.0480. The molecule has 3 aromatic rings. The summed E-state index contributed by atoms with van der Waals surface area (Å²) in [5.41, 5.74) is 2.07. The second-order valence-corrected chi connectivity index (χ2v) is 9.89. The first-order chi connectivity index (χ1) is 16.1. The number of thiophene rings is 1. The smallest absolute Gasteiger partial charge is 0.264 e. The van der Waals surface area contributed by atoms with E-state index in [-0.39, 0.29) is 11.5 Å². The van der Waals surface area contributed by atoms with E-state index in [0.717, 1.165) is 57.5 Å². The lowest BCUT2D eigenvalue weighted by Gasteiger charge is -2.25. The van der Waals surface area contributed by atoms with Crippen molar-refractivity contribution in [3.05, 3.63) is 63.0 Å². The Morgan fingerprint density at radius 1 is 1.00 bits per heavy atom. The predicted octanol–water partition coefficient (Wildman–Crippen LogP) is 4.69. The number of nitrogens with zero attached hydrogens (tertiary/aromatic N) is 4. The quantitative estimate of drug-likeness (QED) is 0.560. The first kappa shape index (κ1) is 23.6. The Hall–Kier alpha value is -2.51. The second-order valence-electron chi connectivity index (χ2n) is 8.89. The Bertz CT molecular complexity index is 1140. The van der Waals surface area contributed by atoms with Gasteiger partial charge in [-0.05, 0) is 50.8 Å². The number of benzene rings is 1. The van der Waals surface area contributed by atoms with Crippen LogP contribution in [0.5, 0.6) is 0 Å². The summed E-state index contributed by atoms with van der Waals surface area (Å²) >= 11 is 1.36. The van der Waals surface area contributed by atoms with E-state index >= 15 is 0 Å². The van der Waals surface area contributed by atoms with Crippen LogP contribution in [-0.2, 0) is 13.1 Å². The summed E-state index contributed by atoms with van der Waals surface area (Å²) < 4.78 is 1.60. The molecule has 4 rings (SSSR count). The molecule has 1 saturated heterocycles. The Morgan fingerprint density at radius 2 is 1.70 bits per heavy atom. The van der Waals surface area contributed by atoms with E-state index in [9.17, 15) is 9.59 Å². The van der Waals surface area contributed by atoms with Crippen molar-refractivity contribution in [1.29, 1.82) is 0 Å². The van der Waals surface area contributed by atoms with Gasteiger partial charge in [0.1, 0.15) is 4.83 Å². The van der Waals surface area contributed by atoms with Gasteiger partial charge in [-0.2, -0.15) is 0 Å². The molecular formula is C26H34N4O2S. The molecule has 33 heavy (non-hydrogen) atoms. The molecule has 2 aromatic heterocycles. The van der Waals surface area contributed by atoms with Crippen LogP contribution in [0.1, 0.15) is 59.8 Å². The van der Waals surface area contributed by atoms with Crippen molar-refractivity contribution in [2.24, 2.45) is 0 Å². The van der Waals surface area contributed by atoms with Crippen molar-refractivity contribution in [2.45, 2.75) is 59.0 Å². The molecule has 0 saturated carbocycles. The van der Waals surface area contributed by atoms with Crippen LogP contribution in [0.2, 0.25) is 0 Å². The maximum absolute atomic E-state index is 13.6. The highest BCUT2D eigenvalue weighted by atomic mass is 32.1. The fraction of sp³-hybridized carbons (Fsp3) is 0.500. The van der Waals surface area contributed by atoms with Gasteiger partial charge in [-0.25, -0.2) is 4.98 Å². The molecule has 0 bridgehead atoms. The lowest BCUT2D eigenvalue weighted by atomic mass is 10.1. The third kappa shape index (κ3) is 5.53. The average Bonchev–Trinajstić information content (AvgIpc) is 3.14. The highest BCUT2D eigenvalue weighted by Crippen LogP contribution is 2.28. The zero-order valence-electron chi connectivity index (χ0n) is 19.8. The summed E-state index contributed by atoms with van der Waals surface area (Å²) in [6.45, 7) is 8.95. The fourth-order valence-corrected chi connectivity index (χ4v) is 5.74. The van der Waals surface area contributed by atoms with E-state index in [1.165, 1.54) is 29.7 Å². The third-order valence-corrected chi connectivity index (χ3v) is 7.73. The number of rotatable bonds is 4. The van der Waals surface area contributed by atoms with Gasteiger partial charge in [-0.3, -0.25) is 19.1 Å². The first-order valence-corrected chi connectivity index (χ1v) is 12.9. The van der Waals surface area contributed by atoms with Crippen molar-refractivity contribution >= 4 is 27.5 Å². The maximum atomic E-state index is 13.6. The van der Waals surface area contributed by atoms with Gasteiger partial charge in [0, 0.05) is 32.7 Å². The van der Waals surface area contributed by atoms with E-state index in [1.807, 2.05) is 18.7 Å². The van der Waals surface area contributed by atoms with Crippen molar-refractivity contribution < 1.29 is 4.79 Å². The van der Waals surface area contributed by atoms with Gasteiger partial charge in [-0.15, -0.1) is 11.3 Å². The molecule has 7 heteroatoms. The number of carbonyl (C=O) groups is 1. The summed E-state index contributed by atoms with van der Waals surface area (Å²) in [5.74, 6) is 0.0480. The molecule has 6 nitrogen and oxygen atoms in total. The number of hydrogen-bond acceptors (Lipinski definition) is 5. The highest BCUT2D eigenvalue weighted by molar-refractivity contribution is 7.20. The summed E-state index contributed by atoms with van der Waals surface area (Å²) in [6, 6.07) is 10.6. The molecule has 0 atom stereocenters. The number of amides is 1. The molecule has 1 aliphatic rings. The predicted molar refractivity (Wildman–Crippen MR) is 135 cm³/mol. The minimum atomic E-state index is -0.0516. The Morgan fingerprint density at radius 3 is 2.45 bits per heavy atom. The standard InChI is InChI=1S/C26H34N4O2S/c1-3-29-19-27-24-22(25(29)31)20(2)23(33-24)26(32)30-16-10-5-4-9-14-28(15-11-17-30)18-21-12-7-6-8-13-21/h6-8,12-13,19H,3-5,9-11,14-18H2,1-2H3. The summed E-state index contributed by atoms with van der Waals surface area (Å²) in [6.07, 6.45) is 7.08. The molecule has 0 aliphatic carbocycles. The first-order valence-electron chi connectivity index (χ1n) is 12.1. The van der Waals surface area contributed by atoms with Crippen molar-refractivity contribution in [2.75, 3.05) is 26.2 Å². The Labute approximate surface area is 199 Å². The van der Waals surface area contributed by atoms with E-state index in [1.54, 1.807) is 10.9 Å². The van der Waals surface area contributed by atoms with Crippen LogP contribution >= 0.6 is 11.3 Å². The van der Waals surface area contributed by atoms with Crippen LogP contribution in [-0.4, -0.2) is 51.4 Å². The van der Waals surface area contributed by atoms with Gasteiger partial charge in [0.2, 0.25) is 0 Å². The summed E-state index contributed by atoms with van der Waals surface area (Å²) in [7, 11) is 0. The van der Waals surface area contributed by atoms with Gasteiger partial charge < -0.3 is 4.90 Å². The monoisotopic (exact) mass is 466 g/mol. The Kier molecular flexibility index (Phi) is 7.93. The number of aromatic nitrogens is 2. The number of carbonyl (C=O) groups excluding carboxylic acids is 1. The average molecular weight is 467 g/mol. The lowest BCUT2D eigenvalue weighted by molar-refractivity contribution is 0.0750. The van der Waals surface area contributed by atoms with E-state index in [0.29, 0.717) is 21.6 Å². The zero-order valence-corrected chi connectivity index (χ0v) is 20.6. The molecule has 0 spiro atoms. The van der Waals surface area contributed by atoms with E-state index in [4.69, 9.17) is 0 Å². The molecule has 1 fully saturated rings. The molecule has 1 aromatic carbocycles. The second kappa shape index (κ2) is 11.1. The van der Waals surface area contributed by atoms with Crippen LogP contribution in [0.15, 0.2) is 41.5 Å². The molecule has 1 amide bonds. The van der Waals surface area contributed by atoms with Crippen molar-refractivity contribution in [3.8, 4) is 0 Å². The minimum Gasteiger partial charge on any atom is -0.338 e. The summed E-state index contributed by atoms with van der Waals surface area (Å²) in [5, 5.41) is 0.597. The summed E-state index contributed by atoms with van der Waals surface area (Å²) in [4.78, 5) is 36.7. The largest absolute Gasteiger partial charge is 0.338 e. The van der Waals surface area contributed by atoms with E-state index in [2.05, 4.69) is 40.2 Å². The van der Waals surface area contributed by atoms with Crippen LogP contribution in [0.25, 0.3) is 10.2 Å². The van der Waals surface area contributed by atoms with Crippen molar-refractivity contribution in [1.82, 2.24) is 19.4 Å². The van der Waals surface area contributed by atoms with Crippen LogP contribution < -0.4 is 5.56 Å². The topological polar surface area (TPSA) is 58.4 Å².